The van der Waals surface area contributed by atoms with Crippen LogP contribution in [0.4, 0.5) is 23.2 Å². The smallest absolute Gasteiger partial charge is 0.436 e. The summed E-state index contributed by atoms with van der Waals surface area (Å²) in [6.07, 6.45) is -5.28. The van der Waals surface area contributed by atoms with E-state index in [1.807, 2.05) is 0 Å². The molecule has 0 spiro atoms. The number of hydrogen-bond donors (Lipinski definition) is 0. The first-order valence-electron chi connectivity index (χ1n) is 8.87. The quantitative estimate of drug-likeness (QED) is 0.486. The monoisotopic (exact) mass is 468 g/mol. The van der Waals surface area contributed by atoms with E-state index in [0.717, 1.165) is 10.7 Å². The first kappa shape index (κ1) is 22.6. The van der Waals surface area contributed by atoms with E-state index in [1.54, 1.807) is 9.80 Å². The van der Waals surface area contributed by atoms with Gasteiger partial charge in [-0.1, -0.05) is 23.2 Å². The molecule has 1 atom stereocenters. The third-order valence-corrected chi connectivity index (χ3v) is 5.72. The fourth-order valence-electron chi connectivity index (χ4n) is 3.38. The van der Waals surface area contributed by atoms with Gasteiger partial charge in [-0.25, -0.2) is 9.07 Å². The number of piperazine rings is 1. The summed E-state index contributed by atoms with van der Waals surface area (Å²) in [4.78, 5) is 15.1. The highest BCUT2D eigenvalue weighted by Gasteiger charge is 2.40. The van der Waals surface area contributed by atoms with Crippen molar-refractivity contribution in [2.24, 2.45) is 0 Å². The lowest BCUT2D eigenvalue weighted by Crippen LogP contribution is -2.49. The molecule has 0 aliphatic carbocycles. The van der Waals surface area contributed by atoms with E-state index in [4.69, 9.17) is 27.9 Å². The summed E-state index contributed by atoms with van der Waals surface area (Å²) in [6.45, 7) is 2.59. The molecule has 1 aromatic carbocycles. The molecule has 0 amide bonds. The first-order valence-corrected chi connectivity index (χ1v) is 9.63. The Kier molecular flexibility index (Phi) is 6.49. The average Bonchev–Trinajstić information content (AvgIpc) is 2.99. The number of aldehydes is 1. The van der Waals surface area contributed by atoms with E-state index in [2.05, 4.69) is 5.10 Å². The second-order valence-corrected chi connectivity index (χ2v) is 7.49. The molecule has 6 nitrogen and oxygen atoms in total. The van der Waals surface area contributed by atoms with E-state index in [0.29, 0.717) is 25.1 Å². The number of halogens is 6. The number of alkyl halides is 3. The second-order valence-electron chi connectivity index (χ2n) is 6.70. The van der Waals surface area contributed by atoms with Crippen LogP contribution in [0.25, 0.3) is 0 Å². The van der Waals surface area contributed by atoms with Crippen molar-refractivity contribution in [3.8, 4) is 5.75 Å². The van der Waals surface area contributed by atoms with Gasteiger partial charge >= 0.3 is 6.18 Å². The molecule has 0 N–H and O–H groups in total. The molecule has 164 valence electrons. The van der Waals surface area contributed by atoms with Gasteiger partial charge < -0.3 is 9.64 Å². The van der Waals surface area contributed by atoms with Crippen molar-refractivity contribution in [2.75, 3.05) is 38.2 Å². The number of methoxy groups -OCH3 is 1. The Balaban J connectivity index is 1.80. The van der Waals surface area contributed by atoms with Gasteiger partial charge in [0.25, 0.3) is 0 Å². The van der Waals surface area contributed by atoms with E-state index < -0.39 is 28.9 Å². The second kappa shape index (κ2) is 8.60. The highest BCUT2D eigenvalue weighted by Crippen LogP contribution is 2.37. The summed E-state index contributed by atoms with van der Waals surface area (Å²) in [7, 11) is 1.42. The number of hydrogen-bond acceptors (Lipinski definition) is 5. The molecule has 1 unspecified atom stereocenters. The van der Waals surface area contributed by atoms with Crippen LogP contribution in [0.1, 0.15) is 17.6 Å². The van der Waals surface area contributed by atoms with Gasteiger partial charge in [-0.15, -0.1) is 0 Å². The summed E-state index contributed by atoms with van der Waals surface area (Å²) >= 11 is 11.7. The standard InChI is InChI=1S/C18H18Cl2F4N4O2/c1-10-16(20)17(18(22,23)24)25-28(10)15(9-29)27-5-3-26(4-6-27)13-8-14(30-2)11(19)7-12(13)21/h7-9,15H,3-6H2,1-2H3. The zero-order chi connectivity index (χ0) is 22.2. The van der Waals surface area contributed by atoms with Crippen molar-refractivity contribution >= 4 is 35.2 Å². The van der Waals surface area contributed by atoms with E-state index in [1.165, 1.54) is 20.1 Å². The summed E-state index contributed by atoms with van der Waals surface area (Å²) in [6, 6.07) is 2.64. The van der Waals surface area contributed by atoms with Gasteiger partial charge in [-0.05, 0) is 13.0 Å². The van der Waals surface area contributed by atoms with E-state index in [9.17, 15) is 22.4 Å². The normalized spacial score (nSPS) is 16.6. The van der Waals surface area contributed by atoms with Gasteiger partial charge in [-0.2, -0.15) is 18.3 Å². The average molecular weight is 469 g/mol. The molecule has 3 rings (SSSR count). The maximum Gasteiger partial charge on any atom is 0.436 e. The van der Waals surface area contributed by atoms with Gasteiger partial charge in [0.1, 0.15) is 11.6 Å². The SMILES string of the molecule is COc1cc(N2CCN(C(C=O)n3nc(C(F)(F)F)c(Cl)c3C)CC2)c(F)cc1Cl. The summed E-state index contributed by atoms with van der Waals surface area (Å²) in [5.41, 5.74) is -0.907. The molecule has 2 aromatic rings. The predicted molar refractivity (Wildman–Crippen MR) is 104 cm³/mol. The Hall–Kier alpha value is -2.04. The van der Waals surface area contributed by atoms with Crippen molar-refractivity contribution < 1.29 is 27.1 Å². The van der Waals surface area contributed by atoms with E-state index >= 15 is 0 Å². The number of rotatable bonds is 5. The van der Waals surface area contributed by atoms with Crippen molar-refractivity contribution in [3.63, 3.8) is 0 Å². The minimum Gasteiger partial charge on any atom is -0.495 e. The van der Waals surface area contributed by atoms with Gasteiger partial charge in [-0.3, -0.25) is 9.69 Å². The Bertz CT molecular complexity index is 943. The number of benzene rings is 1. The van der Waals surface area contributed by atoms with Crippen LogP contribution < -0.4 is 9.64 Å². The molecule has 12 heteroatoms. The van der Waals surface area contributed by atoms with Gasteiger partial charge in [0.05, 0.1) is 28.5 Å². The molecule has 1 aromatic heterocycles. The molecule has 1 aliphatic heterocycles. The molecule has 0 radical (unpaired) electrons. The largest absolute Gasteiger partial charge is 0.495 e. The highest BCUT2D eigenvalue weighted by molar-refractivity contribution is 6.32. The van der Waals surface area contributed by atoms with Crippen LogP contribution in [-0.2, 0) is 11.0 Å². The number of ether oxygens (including phenoxy) is 1. The maximum absolute atomic E-state index is 14.4. The van der Waals surface area contributed by atoms with Gasteiger partial charge in [0, 0.05) is 32.2 Å². The van der Waals surface area contributed by atoms with Crippen LogP contribution in [0.3, 0.4) is 0 Å². The molecular formula is C18H18Cl2F4N4O2. The first-order chi connectivity index (χ1) is 14.1. The van der Waals surface area contributed by atoms with Crippen molar-refractivity contribution in [1.29, 1.82) is 0 Å². The molecule has 0 bridgehead atoms. The number of carbonyl (C=O) groups excluding carboxylic acids is 1. The third-order valence-electron chi connectivity index (χ3n) is 4.97. The number of aromatic nitrogens is 2. The lowest BCUT2D eigenvalue weighted by atomic mass is 10.2. The van der Waals surface area contributed by atoms with Crippen LogP contribution in [0.5, 0.6) is 5.75 Å². The topological polar surface area (TPSA) is 50.6 Å². The zero-order valence-corrected chi connectivity index (χ0v) is 17.5. The number of anilines is 1. The van der Waals surface area contributed by atoms with Gasteiger partial charge in [0.15, 0.2) is 18.1 Å². The lowest BCUT2D eigenvalue weighted by Gasteiger charge is -2.38. The van der Waals surface area contributed by atoms with Crippen molar-refractivity contribution in [1.82, 2.24) is 14.7 Å². The van der Waals surface area contributed by atoms with Crippen LogP contribution in [0.15, 0.2) is 12.1 Å². The number of nitrogens with zero attached hydrogens (tertiary/aromatic N) is 4. The Labute approximate surface area is 179 Å². The van der Waals surface area contributed by atoms with Crippen LogP contribution in [0, 0.1) is 12.7 Å². The van der Waals surface area contributed by atoms with Crippen molar-refractivity contribution in [2.45, 2.75) is 19.3 Å². The molecule has 1 aliphatic rings. The fraction of sp³-hybridized carbons (Fsp3) is 0.444. The highest BCUT2D eigenvalue weighted by atomic mass is 35.5. The van der Waals surface area contributed by atoms with Crippen molar-refractivity contribution in [3.05, 3.63) is 39.4 Å². The van der Waals surface area contributed by atoms with Gasteiger partial charge in [0.2, 0.25) is 0 Å². The molecule has 2 heterocycles. The van der Waals surface area contributed by atoms with Crippen LogP contribution >= 0.6 is 23.2 Å². The summed E-state index contributed by atoms with van der Waals surface area (Å²) < 4.78 is 59.7. The maximum atomic E-state index is 14.4. The molecule has 1 fully saturated rings. The molecule has 0 saturated carbocycles. The molecule has 1 saturated heterocycles. The third kappa shape index (κ3) is 4.21. The Morgan fingerprint density at radius 3 is 2.33 bits per heavy atom. The molecular weight excluding hydrogens is 451 g/mol. The fourth-order valence-corrected chi connectivity index (χ4v) is 3.84. The van der Waals surface area contributed by atoms with E-state index in [-0.39, 0.29) is 29.5 Å². The van der Waals surface area contributed by atoms with Crippen LogP contribution in [-0.4, -0.2) is 54.3 Å². The Morgan fingerprint density at radius 1 is 1.20 bits per heavy atom. The Morgan fingerprint density at radius 2 is 1.83 bits per heavy atom. The summed E-state index contributed by atoms with van der Waals surface area (Å²) in [5.74, 6) is -0.200. The zero-order valence-electron chi connectivity index (χ0n) is 16.0. The lowest BCUT2D eigenvalue weighted by molar-refractivity contribution is -0.142. The molecule has 30 heavy (non-hydrogen) atoms. The van der Waals surface area contributed by atoms with Crippen LogP contribution in [0.2, 0.25) is 10.0 Å². The predicted octanol–water partition coefficient (Wildman–Crippen LogP) is 4.18. The minimum atomic E-state index is -4.73. The summed E-state index contributed by atoms with van der Waals surface area (Å²) in [5, 5.41) is 3.14. The number of carbonyl (C=O) groups is 1. The minimum absolute atomic E-state index is 0.0389.